The molecule has 3 aliphatic rings. The molecule has 1 saturated heterocycles. The number of rotatable bonds is 7. The summed E-state index contributed by atoms with van der Waals surface area (Å²) in [6.07, 6.45) is 11.6. The van der Waals surface area contributed by atoms with Crippen molar-refractivity contribution in [2.45, 2.75) is 56.1 Å². The van der Waals surface area contributed by atoms with E-state index in [9.17, 15) is 16.8 Å². The summed E-state index contributed by atoms with van der Waals surface area (Å²) in [6, 6.07) is 5.18. The highest BCUT2D eigenvalue weighted by atomic mass is 32.2. The zero-order valence-electron chi connectivity index (χ0n) is 20.9. The molecule has 2 unspecified atom stereocenters. The van der Waals surface area contributed by atoms with Crippen LogP contribution in [0.5, 0.6) is 0 Å². The van der Waals surface area contributed by atoms with Crippen LogP contribution >= 0.6 is 0 Å². The van der Waals surface area contributed by atoms with Crippen molar-refractivity contribution < 1.29 is 16.8 Å². The van der Waals surface area contributed by atoms with Gasteiger partial charge in [-0.1, -0.05) is 12.2 Å². The van der Waals surface area contributed by atoms with Crippen LogP contribution in [0.2, 0.25) is 0 Å². The van der Waals surface area contributed by atoms with Crippen molar-refractivity contribution >= 4 is 36.7 Å². The number of hydrogen-bond acceptors (Lipinski definition) is 7. The van der Waals surface area contributed by atoms with Crippen molar-refractivity contribution in [1.29, 1.82) is 0 Å². The van der Waals surface area contributed by atoms with Crippen molar-refractivity contribution in [2.24, 2.45) is 5.92 Å². The molecule has 12 heteroatoms. The lowest BCUT2D eigenvalue weighted by molar-refractivity contribution is 0.460. The molecule has 0 N–H and O–H groups in total. The van der Waals surface area contributed by atoms with Crippen molar-refractivity contribution in [1.82, 2.24) is 28.0 Å². The second-order valence-electron chi connectivity index (χ2n) is 10.4. The van der Waals surface area contributed by atoms with Crippen LogP contribution in [0.1, 0.15) is 45.4 Å². The molecule has 0 spiro atoms. The molecular weight excluding hydrogens is 512 g/mol. The monoisotopic (exact) mass is 542 g/mol. The van der Waals surface area contributed by atoms with Gasteiger partial charge in [0.25, 0.3) is 10.0 Å². The number of aromatic nitrogens is 5. The van der Waals surface area contributed by atoms with Gasteiger partial charge in [-0.3, -0.25) is 4.68 Å². The molecule has 4 heterocycles. The standard InChI is InChI=1S/C25H30N6O4S2/c1-18-15-25(2,37(34,35)31-13-9-20-6-5-10-26-24(20)31)22(36(32,33)30-11-3-4-12-30)14-21(18)23-27-17-29(28-23)16-19-7-8-19/h5-6,9-10,13-15,17,19,22H,3-4,7-8,11-12,16H2,1-2H3. The largest absolute Gasteiger partial charge is 0.252 e. The van der Waals surface area contributed by atoms with Gasteiger partial charge in [-0.15, -0.1) is 0 Å². The molecule has 6 rings (SSSR count). The Morgan fingerprint density at radius 1 is 1.08 bits per heavy atom. The first-order valence-electron chi connectivity index (χ1n) is 12.6. The van der Waals surface area contributed by atoms with Crippen LogP contribution in [0.15, 0.2) is 54.6 Å². The van der Waals surface area contributed by atoms with E-state index in [1.54, 1.807) is 48.3 Å². The highest BCUT2D eigenvalue weighted by molar-refractivity contribution is 7.95. The van der Waals surface area contributed by atoms with Gasteiger partial charge in [0.15, 0.2) is 11.5 Å². The Labute approximate surface area is 216 Å². The van der Waals surface area contributed by atoms with E-state index in [1.165, 1.54) is 36.5 Å². The average molecular weight is 543 g/mol. The molecule has 3 aromatic heterocycles. The van der Waals surface area contributed by atoms with Gasteiger partial charge in [0.2, 0.25) is 10.0 Å². The van der Waals surface area contributed by atoms with Crippen molar-refractivity contribution in [2.75, 3.05) is 13.1 Å². The molecule has 2 atom stereocenters. The predicted octanol–water partition coefficient (Wildman–Crippen LogP) is 2.81. The summed E-state index contributed by atoms with van der Waals surface area (Å²) in [4.78, 5) is 8.73. The Hall–Kier alpha value is -2.83. The molecule has 10 nitrogen and oxygen atoms in total. The quantitative estimate of drug-likeness (QED) is 0.450. The van der Waals surface area contributed by atoms with E-state index < -0.39 is 30.0 Å². The van der Waals surface area contributed by atoms with Gasteiger partial charge in [0.1, 0.15) is 16.3 Å². The normalized spacial score (nSPS) is 25.4. The molecule has 1 saturated carbocycles. The van der Waals surface area contributed by atoms with Crippen molar-refractivity contribution in [3.63, 3.8) is 0 Å². The number of nitrogens with zero attached hydrogens (tertiary/aromatic N) is 6. The maximum Gasteiger partial charge on any atom is 0.250 e. The van der Waals surface area contributed by atoms with E-state index in [-0.39, 0.29) is 5.65 Å². The summed E-state index contributed by atoms with van der Waals surface area (Å²) in [5.74, 6) is 1.01. The van der Waals surface area contributed by atoms with E-state index in [0.29, 0.717) is 41.4 Å². The fraction of sp³-hybridized carbons (Fsp3) is 0.480. The van der Waals surface area contributed by atoms with E-state index >= 15 is 0 Å². The third-order valence-corrected chi connectivity index (χ3v) is 12.5. The van der Waals surface area contributed by atoms with Gasteiger partial charge >= 0.3 is 0 Å². The van der Waals surface area contributed by atoms with E-state index in [4.69, 9.17) is 0 Å². The first-order valence-corrected chi connectivity index (χ1v) is 15.5. The molecule has 3 aromatic rings. The fourth-order valence-electron chi connectivity index (χ4n) is 5.41. The third-order valence-electron chi connectivity index (χ3n) is 7.71. The number of sulfonamides is 1. The SMILES string of the molecule is CC1=CC(C)(S(=O)(=O)n2ccc3cccnc32)C(S(=O)(=O)N2CCCC2)C=C1c1ncn(CC2CC2)n1. The smallest absolute Gasteiger partial charge is 0.250 e. The van der Waals surface area contributed by atoms with Gasteiger partial charge in [0, 0.05) is 43.0 Å². The van der Waals surface area contributed by atoms with Crippen LogP contribution in [0.4, 0.5) is 0 Å². The highest BCUT2D eigenvalue weighted by Crippen LogP contribution is 2.42. The molecular formula is C25H30N6O4S2. The Morgan fingerprint density at radius 3 is 2.57 bits per heavy atom. The first-order chi connectivity index (χ1) is 17.6. The van der Waals surface area contributed by atoms with Crippen LogP contribution < -0.4 is 0 Å². The Morgan fingerprint density at radius 2 is 1.84 bits per heavy atom. The fourth-order valence-corrected chi connectivity index (χ4v) is 9.91. The van der Waals surface area contributed by atoms with Gasteiger partial charge in [-0.05, 0) is 69.2 Å². The summed E-state index contributed by atoms with van der Waals surface area (Å²) in [5, 5.41) is 3.90. The lowest BCUT2D eigenvalue weighted by Gasteiger charge is -2.38. The van der Waals surface area contributed by atoms with Crippen LogP contribution in [0.25, 0.3) is 16.6 Å². The molecule has 2 fully saturated rings. The zero-order chi connectivity index (χ0) is 26.0. The number of hydrogen-bond donors (Lipinski definition) is 0. The molecule has 1 aliphatic heterocycles. The summed E-state index contributed by atoms with van der Waals surface area (Å²) in [7, 11) is -8.29. The molecule has 196 valence electrons. The first kappa shape index (κ1) is 24.5. The Balaban J connectivity index is 1.49. The lowest BCUT2D eigenvalue weighted by Crippen LogP contribution is -2.55. The maximum absolute atomic E-state index is 14.3. The summed E-state index contributed by atoms with van der Waals surface area (Å²) < 4.78 is 59.2. The Kier molecular flexibility index (Phi) is 5.70. The Bertz CT molecular complexity index is 1640. The molecule has 0 radical (unpaired) electrons. The van der Waals surface area contributed by atoms with Crippen molar-refractivity contribution in [3.8, 4) is 0 Å². The minimum absolute atomic E-state index is 0.266. The summed E-state index contributed by atoms with van der Waals surface area (Å²) in [6.45, 7) is 4.81. The van der Waals surface area contributed by atoms with Gasteiger partial charge in [0.05, 0.1) is 0 Å². The number of pyridine rings is 1. The van der Waals surface area contributed by atoms with Gasteiger partial charge in [-0.25, -0.2) is 35.1 Å². The summed E-state index contributed by atoms with van der Waals surface area (Å²) >= 11 is 0. The lowest BCUT2D eigenvalue weighted by atomic mass is 9.91. The molecule has 0 aromatic carbocycles. The third kappa shape index (κ3) is 3.96. The zero-order valence-corrected chi connectivity index (χ0v) is 22.5. The van der Waals surface area contributed by atoms with Gasteiger partial charge < -0.3 is 0 Å². The molecule has 2 aliphatic carbocycles. The van der Waals surface area contributed by atoms with Crippen molar-refractivity contribution in [3.05, 3.63) is 60.5 Å². The van der Waals surface area contributed by atoms with Gasteiger partial charge in [-0.2, -0.15) is 5.10 Å². The van der Waals surface area contributed by atoms with E-state index in [1.807, 2.05) is 0 Å². The molecule has 0 amide bonds. The van der Waals surface area contributed by atoms with Crippen LogP contribution in [-0.2, 0) is 26.6 Å². The second kappa shape index (κ2) is 8.60. The number of allylic oxidation sites excluding steroid dienone is 2. The van der Waals surface area contributed by atoms with E-state index in [2.05, 4.69) is 15.1 Å². The van der Waals surface area contributed by atoms with Crippen LogP contribution in [0.3, 0.4) is 0 Å². The topological polar surface area (TPSA) is 120 Å². The minimum Gasteiger partial charge on any atom is -0.252 e. The highest BCUT2D eigenvalue weighted by Gasteiger charge is 2.54. The minimum atomic E-state index is -4.27. The molecule has 0 bridgehead atoms. The predicted molar refractivity (Wildman–Crippen MR) is 140 cm³/mol. The second-order valence-corrected chi connectivity index (χ2v) is 14.7. The number of fused-ring (bicyclic) bond motifs is 1. The van der Waals surface area contributed by atoms with E-state index in [0.717, 1.165) is 23.4 Å². The van der Waals surface area contributed by atoms with Crippen LogP contribution in [0, 0.1) is 5.92 Å². The maximum atomic E-state index is 14.3. The summed E-state index contributed by atoms with van der Waals surface area (Å²) in [5.41, 5.74) is 1.43. The average Bonchev–Trinajstić information content (AvgIpc) is 3.26. The van der Waals surface area contributed by atoms with Crippen LogP contribution in [-0.4, -0.2) is 67.9 Å². The molecule has 37 heavy (non-hydrogen) atoms.